The normalized spacial score (nSPS) is 19.2. The fraction of sp³-hybridized carbons (Fsp3) is 0.647. The largest absolute Gasteiger partial charge is 0.373 e. The zero-order valence-corrected chi connectivity index (χ0v) is 12.8. The lowest BCUT2D eigenvalue weighted by Gasteiger charge is -2.39. The van der Waals surface area contributed by atoms with Crippen molar-refractivity contribution < 1.29 is 9.13 Å². The Morgan fingerprint density at radius 1 is 1.30 bits per heavy atom. The highest BCUT2D eigenvalue weighted by molar-refractivity contribution is 5.32. The first kappa shape index (κ1) is 15.5. The number of benzene rings is 1. The van der Waals surface area contributed by atoms with Crippen molar-refractivity contribution in [3.8, 4) is 0 Å². The molecule has 0 amide bonds. The van der Waals surface area contributed by atoms with Crippen molar-refractivity contribution in [2.45, 2.75) is 58.1 Å². The fourth-order valence-corrected chi connectivity index (χ4v) is 3.48. The summed E-state index contributed by atoms with van der Waals surface area (Å²) < 4.78 is 19.8. The van der Waals surface area contributed by atoms with E-state index < -0.39 is 0 Å². The summed E-state index contributed by atoms with van der Waals surface area (Å²) >= 11 is 0. The van der Waals surface area contributed by atoms with E-state index in [1.807, 2.05) is 19.9 Å². The highest BCUT2D eigenvalue weighted by Gasteiger charge is 2.43. The van der Waals surface area contributed by atoms with E-state index in [4.69, 9.17) is 4.74 Å². The Labute approximate surface area is 121 Å². The lowest BCUT2D eigenvalue weighted by Crippen LogP contribution is -2.44. The summed E-state index contributed by atoms with van der Waals surface area (Å²) in [7, 11) is 0. The van der Waals surface area contributed by atoms with Crippen LogP contribution in [-0.4, -0.2) is 18.8 Å². The van der Waals surface area contributed by atoms with Gasteiger partial charge in [0.1, 0.15) is 5.82 Å². The number of likely N-dealkylation sites (N-methyl/N-ethyl adjacent to an activating group) is 1. The average molecular weight is 279 g/mol. The Morgan fingerprint density at radius 2 is 2.00 bits per heavy atom. The number of hydrogen-bond acceptors (Lipinski definition) is 2. The van der Waals surface area contributed by atoms with Crippen molar-refractivity contribution in [3.63, 3.8) is 0 Å². The van der Waals surface area contributed by atoms with Gasteiger partial charge in [0, 0.05) is 6.61 Å². The van der Waals surface area contributed by atoms with Crippen LogP contribution in [0.25, 0.3) is 0 Å². The van der Waals surface area contributed by atoms with Gasteiger partial charge in [-0.2, -0.15) is 0 Å². The molecule has 1 aromatic carbocycles. The van der Waals surface area contributed by atoms with Crippen LogP contribution in [0.4, 0.5) is 4.39 Å². The van der Waals surface area contributed by atoms with Crippen LogP contribution in [0.2, 0.25) is 0 Å². The minimum Gasteiger partial charge on any atom is -0.373 e. The van der Waals surface area contributed by atoms with E-state index in [9.17, 15) is 4.39 Å². The van der Waals surface area contributed by atoms with Gasteiger partial charge in [-0.15, -0.1) is 0 Å². The van der Waals surface area contributed by atoms with Gasteiger partial charge in [-0.1, -0.05) is 25.8 Å². The molecule has 1 N–H and O–H groups in total. The Bertz CT molecular complexity index is 441. The molecule has 1 saturated carbocycles. The molecular formula is C17H26FNO. The van der Waals surface area contributed by atoms with Crippen molar-refractivity contribution >= 4 is 0 Å². The molecule has 112 valence electrons. The molecule has 0 aromatic heterocycles. The van der Waals surface area contributed by atoms with Crippen LogP contribution in [0.15, 0.2) is 18.2 Å². The number of hydrogen-bond donors (Lipinski definition) is 1. The Hall–Kier alpha value is -0.930. The molecule has 0 heterocycles. The number of nitrogens with one attached hydrogen (secondary N) is 1. The van der Waals surface area contributed by atoms with Crippen molar-refractivity contribution in [3.05, 3.63) is 35.1 Å². The first-order chi connectivity index (χ1) is 9.63. The topological polar surface area (TPSA) is 21.3 Å². The van der Waals surface area contributed by atoms with E-state index in [1.54, 1.807) is 6.07 Å². The lowest BCUT2D eigenvalue weighted by atomic mass is 9.84. The molecule has 1 fully saturated rings. The van der Waals surface area contributed by atoms with Crippen LogP contribution in [0, 0.1) is 12.7 Å². The van der Waals surface area contributed by atoms with E-state index in [0.717, 1.165) is 30.5 Å². The van der Waals surface area contributed by atoms with Crippen LogP contribution < -0.4 is 5.32 Å². The van der Waals surface area contributed by atoms with Crippen molar-refractivity contribution in [1.29, 1.82) is 0 Å². The van der Waals surface area contributed by atoms with Crippen molar-refractivity contribution in [1.82, 2.24) is 5.32 Å². The van der Waals surface area contributed by atoms with Gasteiger partial charge in [0.15, 0.2) is 0 Å². The summed E-state index contributed by atoms with van der Waals surface area (Å²) in [5.41, 5.74) is 1.99. The second-order valence-corrected chi connectivity index (χ2v) is 5.70. The third-order valence-corrected chi connectivity index (χ3v) is 4.37. The van der Waals surface area contributed by atoms with Gasteiger partial charge in [0.25, 0.3) is 0 Å². The molecule has 1 aromatic rings. The molecule has 0 bridgehead atoms. The van der Waals surface area contributed by atoms with Gasteiger partial charge in [-0.3, -0.25) is 0 Å². The molecule has 2 nitrogen and oxygen atoms in total. The summed E-state index contributed by atoms with van der Waals surface area (Å²) in [5.74, 6) is -0.168. The molecule has 0 spiro atoms. The zero-order valence-electron chi connectivity index (χ0n) is 12.8. The molecule has 1 atom stereocenters. The Balaban J connectivity index is 2.40. The fourth-order valence-electron chi connectivity index (χ4n) is 3.48. The van der Waals surface area contributed by atoms with E-state index in [1.165, 1.54) is 18.9 Å². The molecule has 2 rings (SSSR count). The molecule has 1 aliphatic carbocycles. The summed E-state index contributed by atoms with van der Waals surface area (Å²) in [5, 5.41) is 3.54. The predicted molar refractivity (Wildman–Crippen MR) is 80.4 cm³/mol. The van der Waals surface area contributed by atoms with E-state index in [2.05, 4.69) is 12.2 Å². The second kappa shape index (κ2) is 6.68. The number of ether oxygens (including phenoxy) is 1. The van der Waals surface area contributed by atoms with Gasteiger partial charge in [-0.25, -0.2) is 4.39 Å². The van der Waals surface area contributed by atoms with E-state index in [0.29, 0.717) is 6.61 Å². The SMILES string of the molecule is CCNC(c1cc(F)ccc1C)C1(OCC)CCCC1. The van der Waals surface area contributed by atoms with E-state index in [-0.39, 0.29) is 17.5 Å². The van der Waals surface area contributed by atoms with Crippen LogP contribution >= 0.6 is 0 Å². The average Bonchev–Trinajstić information content (AvgIpc) is 2.89. The molecule has 0 saturated heterocycles. The summed E-state index contributed by atoms with van der Waals surface area (Å²) in [6.45, 7) is 7.75. The lowest BCUT2D eigenvalue weighted by molar-refractivity contribution is -0.0625. The van der Waals surface area contributed by atoms with Gasteiger partial charge in [0.2, 0.25) is 0 Å². The predicted octanol–water partition coefficient (Wildman–Crippen LogP) is 4.13. The minimum atomic E-state index is -0.177. The monoisotopic (exact) mass is 279 g/mol. The molecule has 3 heteroatoms. The quantitative estimate of drug-likeness (QED) is 0.845. The van der Waals surface area contributed by atoms with Crippen LogP contribution in [0.5, 0.6) is 0 Å². The first-order valence-corrected chi connectivity index (χ1v) is 7.76. The number of aryl methyl sites for hydroxylation is 1. The maximum Gasteiger partial charge on any atom is 0.123 e. The zero-order chi connectivity index (χ0) is 14.6. The molecule has 0 aliphatic heterocycles. The molecule has 1 unspecified atom stereocenters. The van der Waals surface area contributed by atoms with Crippen molar-refractivity contribution in [2.24, 2.45) is 0 Å². The molecule has 0 radical (unpaired) electrons. The minimum absolute atomic E-state index is 0.0747. The third kappa shape index (κ3) is 3.04. The van der Waals surface area contributed by atoms with Gasteiger partial charge in [0.05, 0.1) is 11.6 Å². The Kier molecular flexibility index (Phi) is 5.17. The van der Waals surface area contributed by atoms with Crippen LogP contribution in [-0.2, 0) is 4.74 Å². The number of rotatable bonds is 6. The van der Waals surface area contributed by atoms with Gasteiger partial charge >= 0.3 is 0 Å². The van der Waals surface area contributed by atoms with Gasteiger partial charge < -0.3 is 10.1 Å². The maximum atomic E-state index is 13.7. The highest BCUT2D eigenvalue weighted by atomic mass is 19.1. The summed E-state index contributed by atoms with van der Waals surface area (Å²) in [6, 6.07) is 5.14. The van der Waals surface area contributed by atoms with Crippen molar-refractivity contribution in [2.75, 3.05) is 13.2 Å². The maximum absolute atomic E-state index is 13.7. The summed E-state index contributed by atoms with van der Waals surface area (Å²) in [6.07, 6.45) is 4.48. The first-order valence-electron chi connectivity index (χ1n) is 7.76. The smallest absolute Gasteiger partial charge is 0.123 e. The van der Waals surface area contributed by atoms with Gasteiger partial charge in [-0.05, 0) is 56.5 Å². The third-order valence-electron chi connectivity index (χ3n) is 4.37. The molecule has 20 heavy (non-hydrogen) atoms. The van der Waals surface area contributed by atoms with Crippen LogP contribution in [0.1, 0.15) is 56.7 Å². The highest BCUT2D eigenvalue weighted by Crippen LogP contribution is 2.43. The van der Waals surface area contributed by atoms with Crippen LogP contribution in [0.3, 0.4) is 0 Å². The standard InChI is InChI=1S/C17H26FNO/c1-4-19-16(15-12-14(18)9-8-13(15)3)17(20-5-2)10-6-7-11-17/h8-9,12,16,19H,4-7,10-11H2,1-3H3. The van der Waals surface area contributed by atoms with E-state index >= 15 is 0 Å². The molecule has 1 aliphatic rings. The summed E-state index contributed by atoms with van der Waals surface area (Å²) in [4.78, 5) is 0. The Morgan fingerprint density at radius 3 is 2.60 bits per heavy atom. The molecular weight excluding hydrogens is 253 g/mol. The second-order valence-electron chi connectivity index (χ2n) is 5.70. The number of halogens is 1.